The third-order valence-corrected chi connectivity index (χ3v) is 8.47. The Morgan fingerprint density at radius 3 is 2.71 bits per heavy atom. The number of hydrogen-bond donors (Lipinski definition) is 0. The van der Waals surface area contributed by atoms with Crippen molar-refractivity contribution >= 4 is 40.6 Å². The monoisotopic (exact) mass is 472 g/mol. The van der Waals surface area contributed by atoms with E-state index in [4.69, 9.17) is 11.6 Å². The van der Waals surface area contributed by atoms with Crippen molar-refractivity contribution in [2.75, 3.05) is 12.3 Å². The van der Waals surface area contributed by atoms with Gasteiger partial charge in [0.25, 0.3) is 0 Å². The molecule has 2 aliphatic rings. The number of carbonyl (C=O) groups is 1. The maximum atomic E-state index is 13.1. The maximum absolute atomic E-state index is 13.1. The Bertz CT molecular complexity index is 1050. The number of thioether (sulfide) groups is 1. The molecule has 5 rings (SSSR count). The van der Waals surface area contributed by atoms with Gasteiger partial charge in [0.05, 0.1) is 16.8 Å². The van der Waals surface area contributed by atoms with E-state index >= 15 is 0 Å². The Hall–Kier alpha value is -1.83. The zero-order chi connectivity index (χ0) is 21.2. The van der Waals surface area contributed by atoms with Crippen LogP contribution in [0, 0.1) is 0 Å². The molecular formula is C23H25ClN4OS2. The highest BCUT2D eigenvalue weighted by Gasteiger charge is 2.31. The summed E-state index contributed by atoms with van der Waals surface area (Å²) in [4.78, 5) is 16.4. The fourth-order valence-corrected chi connectivity index (χ4v) is 6.73. The Kier molecular flexibility index (Phi) is 6.34. The van der Waals surface area contributed by atoms with Crippen LogP contribution >= 0.6 is 34.7 Å². The minimum Gasteiger partial charge on any atom is -0.334 e. The Morgan fingerprint density at radius 2 is 1.94 bits per heavy atom. The molecule has 0 N–H and O–H groups in total. The lowest BCUT2D eigenvalue weighted by atomic mass is 10.2. The van der Waals surface area contributed by atoms with Gasteiger partial charge in [-0.2, -0.15) is 0 Å². The quantitative estimate of drug-likeness (QED) is 0.399. The number of carbonyl (C=O) groups excluding carboxylic acids is 1. The standard InChI is InChI=1S/C23H25ClN4OS2/c24-18-10-4-3-9-17(18)22-25-26-23(28(22)16-7-1-2-8-16)31-15-21(29)27-13-5-11-19(27)20-12-6-14-30-20/h3-4,6,9-10,12,14,16,19H,1-2,5,7-8,11,13,15H2. The molecule has 1 unspecified atom stereocenters. The van der Waals surface area contributed by atoms with Gasteiger partial charge in [-0.25, -0.2) is 0 Å². The molecular weight excluding hydrogens is 448 g/mol. The van der Waals surface area contributed by atoms with Crippen LogP contribution in [0.1, 0.15) is 55.5 Å². The second kappa shape index (κ2) is 9.35. The molecule has 3 heterocycles. The van der Waals surface area contributed by atoms with E-state index < -0.39 is 0 Å². The van der Waals surface area contributed by atoms with E-state index in [1.54, 1.807) is 11.3 Å². The van der Waals surface area contributed by atoms with Crippen molar-refractivity contribution in [3.05, 3.63) is 51.7 Å². The Labute approximate surface area is 195 Å². The molecule has 1 aliphatic heterocycles. The van der Waals surface area contributed by atoms with Crippen LogP contribution in [0.2, 0.25) is 5.02 Å². The lowest BCUT2D eigenvalue weighted by molar-refractivity contribution is -0.129. The number of rotatable bonds is 6. The SMILES string of the molecule is O=C(CSc1nnc(-c2ccccc2Cl)n1C1CCCC1)N1CCCC1c1cccs1. The summed E-state index contributed by atoms with van der Waals surface area (Å²) in [6.45, 7) is 0.835. The fourth-order valence-electron chi connectivity index (χ4n) is 4.74. The average molecular weight is 473 g/mol. The predicted molar refractivity (Wildman–Crippen MR) is 127 cm³/mol. The molecule has 1 amide bonds. The van der Waals surface area contributed by atoms with Gasteiger partial charge in [-0.3, -0.25) is 9.36 Å². The van der Waals surface area contributed by atoms with Gasteiger partial charge in [0.2, 0.25) is 5.91 Å². The van der Waals surface area contributed by atoms with Crippen molar-refractivity contribution in [2.45, 2.75) is 55.8 Å². The number of nitrogens with zero attached hydrogens (tertiary/aromatic N) is 4. The van der Waals surface area contributed by atoms with Gasteiger partial charge in [-0.05, 0) is 49.3 Å². The first-order valence-electron chi connectivity index (χ1n) is 10.9. The minimum atomic E-state index is 0.182. The maximum Gasteiger partial charge on any atom is 0.233 e. The van der Waals surface area contributed by atoms with Crippen LogP contribution in [0.3, 0.4) is 0 Å². The average Bonchev–Trinajstić information content (AvgIpc) is 3.58. The summed E-state index contributed by atoms with van der Waals surface area (Å²) in [5, 5.41) is 12.6. The van der Waals surface area contributed by atoms with Crippen LogP contribution in [0.5, 0.6) is 0 Å². The smallest absolute Gasteiger partial charge is 0.233 e. The third kappa shape index (κ3) is 4.28. The number of aromatic nitrogens is 3. The second-order valence-electron chi connectivity index (χ2n) is 8.14. The van der Waals surface area contributed by atoms with E-state index in [1.807, 2.05) is 29.2 Å². The van der Waals surface area contributed by atoms with Crippen LogP contribution in [0.4, 0.5) is 0 Å². The van der Waals surface area contributed by atoms with E-state index in [9.17, 15) is 4.79 Å². The predicted octanol–water partition coefficient (Wildman–Crippen LogP) is 6.23. The van der Waals surface area contributed by atoms with Crippen molar-refractivity contribution < 1.29 is 4.79 Å². The number of benzene rings is 1. The minimum absolute atomic E-state index is 0.182. The summed E-state index contributed by atoms with van der Waals surface area (Å²) < 4.78 is 2.23. The molecule has 5 nitrogen and oxygen atoms in total. The van der Waals surface area contributed by atoms with Crippen molar-refractivity contribution in [3.8, 4) is 11.4 Å². The molecule has 8 heteroatoms. The molecule has 1 atom stereocenters. The number of hydrogen-bond acceptors (Lipinski definition) is 5. The van der Waals surface area contributed by atoms with E-state index in [0.29, 0.717) is 16.8 Å². The Morgan fingerprint density at radius 1 is 1.10 bits per heavy atom. The number of likely N-dealkylation sites (tertiary alicyclic amines) is 1. The molecule has 1 aliphatic carbocycles. The first-order chi connectivity index (χ1) is 15.2. The van der Waals surface area contributed by atoms with Gasteiger partial charge in [0, 0.05) is 23.0 Å². The van der Waals surface area contributed by atoms with E-state index in [2.05, 4.69) is 32.3 Å². The normalized spacial score (nSPS) is 19.4. The topological polar surface area (TPSA) is 51.0 Å². The molecule has 1 aromatic carbocycles. The van der Waals surface area contributed by atoms with Gasteiger partial charge in [0.15, 0.2) is 11.0 Å². The molecule has 0 radical (unpaired) electrons. The third-order valence-electron chi connectivity index (χ3n) is 6.24. The molecule has 162 valence electrons. The van der Waals surface area contributed by atoms with Crippen LogP contribution in [0.25, 0.3) is 11.4 Å². The second-order valence-corrected chi connectivity index (χ2v) is 10.5. The molecule has 0 bridgehead atoms. The molecule has 31 heavy (non-hydrogen) atoms. The lowest BCUT2D eigenvalue weighted by Gasteiger charge is -2.24. The van der Waals surface area contributed by atoms with Crippen molar-refractivity contribution in [1.29, 1.82) is 0 Å². The summed E-state index contributed by atoms with van der Waals surface area (Å²) in [5.41, 5.74) is 0.902. The first kappa shape index (κ1) is 21.0. The zero-order valence-electron chi connectivity index (χ0n) is 17.2. The largest absolute Gasteiger partial charge is 0.334 e. The fraction of sp³-hybridized carbons (Fsp3) is 0.435. The van der Waals surface area contributed by atoms with Gasteiger partial charge in [0.1, 0.15) is 0 Å². The molecule has 1 saturated heterocycles. The Balaban J connectivity index is 1.37. The van der Waals surface area contributed by atoms with E-state index in [-0.39, 0.29) is 11.9 Å². The summed E-state index contributed by atoms with van der Waals surface area (Å²) >= 11 is 9.72. The van der Waals surface area contributed by atoms with Crippen molar-refractivity contribution in [2.24, 2.45) is 0 Å². The van der Waals surface area contributed by atoms with E-state index in [1.165, 1.54) is 29.5 Å². The van der Waals surface area contributed by atoms with Gasteiger partial charge >= 0.3 is 0 Å². The number of thiophene rings is 1. The summed E-state index contributed by atoms with van der Waals surface area (Å²) in [6.07, 6.45) is 6.76. The van der Waals surface area contributed by atoms with Gasteiger partial charge in [-0.15, -0.1) is 21.5 Å². The number of amides is 1. The van der Waals surface area contributed by atoms with Crippen LogP contribution < -0.4 is 0 Å². The highest BCUT2D eigenvalue weighted by Crippen LogP contribution is 2.39. The first-order valence-corrected chi connectivity index (χ1v) is 13.1. The zero-order valence-corrected chi connectivity index (χ0v) is 19.6. The number of halogens is 1. The van der Waals surface area contributed by atoms with Gasteiger partial charge in [-0.1, -0.05) is 54.4 Å². The van der Waals surface area contributed by atoms with Crippen molar-refractivity contribution in [3.63, 3.8) is 0 Å². The van der Waals surface area contributed by atoms with E-state index in [0.717, 1.165) is 48.8 Å². The lowest BCUT2D eigenvalue weighted by Crippen LogP contribution is -2.31. The summed E-state index contributed by atoms with van der Waals surface area (Å²) in [5.74, 6) is 1.38. The van der Waals surface area contributed by atoms with Crippen LogP contribution in [-0.4, -0.2) is 37.9 Å². The molecule has 0 spiro atoms. The molecule has 3 aromatic rings. The van der Waals surface area contributed by atoms with Crippen LogP contribution in [-0.2, 0) is 4.79 Å². The van der Waals surface area contributed by atoms with Crippen molar-refractivity contribution in [1.82, 2.24) is 19.7 Å². The highest BCUT2D eigenvalue weighted by atomic mass is 35.5. The highest BCUT2D eigenvalue weighted by molar-refractivity contribution is 7.99. The summed E-state index contributed by atoms with van der Waals surface area (Å²) in [7, 11) is 0. The van der Waals surface area contributed by atoms with Crippen LogP contribution in [0.15, 0.2) is 46.9 Å². The van der Waals surface area contributed by atoms with Gasteiger partial charge < -0.3 is 4.90 Å². The molecule has 2 aromatic heterocycles. The molecule has 1 saturated carbocycles. The molecule has 2 fully saturated rings. The summed E-state index contributed by atoms with van der Waals surface area (Å²) in [6, 6.07) is 12.6.